The molecule has 2 aromatic heterocycles. The van der Waals surface area contributed by atoms with E-state index in [0.29, 0.717) is 0 Å². The zero-order valence-corrected chi connectivity index (χ0v) is 10.6. The van der Waals surface area contributed by atoms with Gasteiger partial charge in [0.15, 0.2) is 4.73 Å². The molecule has 0 amide bonds. The fourth-order valence-electron chi connectivity index (χ4n) is 2.06. The van der Waals surface area contributed by atoms with Gasteiger partial charge in [-0.3, -0.25) is 4.40 Å². The first-order chi connectivity index (χ1) is 7.68. The molecule has 0 unspecified atom stereocenters. The van der Waals surface area contributed by atoms with Crippen molar-refractivity contribution in [3.63, 3.8) is 0 Å². The van der Waals surface area contributed by atoms with Crippen LogP contribution in [0.5, 0.6) is 0 Å². The molecule has 3 rings (SSSR count). The predicted molar refractivity (Wildman–Crippen MR) is 67.4 cm³/mol. The summed E-state index contributed by atoms with van der Waals surface area (Å²) in [5.41, 5.74) is 8.64. The summed E-state index contributed by atoms with van der Waals surface area (Å²) in [4.78, 5) is 4.26. The molecule has 1 aliphatic carbocycles. The molecule has 4 heteroatoms. The highest BCUT2D eigenvalue weighted by Gasteiger charge is 2.37. The number of pyridine rings is 1. The van der Waals surface area contributed by atoms with Crippen molar-refractivity contribution in [3.05, 3.63) is 34.8 Å². The van der Waals surface area contributed by atoms with E-state index in [1.807, 2.05) is 6.20 Å². The minimum absolute atomic E-state index is 0.120. The summed E-state index contributed by atoms with van der Waals surface area (Å²) in [6.07, 6.45) is 6.31. The normalized spacial score (nSPS) is 17.9. The van der Waals surface area contributed by atoms with Gasteiger partial charge in [0.05, 0.1) is 11.7 Å². The molecule has 2 heterocycles. The minimum atomic E-state index is 0.120. The summed E-state index contributed by atoms with van der Waals surface area (Å²) in [5, 5.41) is 0. The van der Waals surface area contributed by atoms with Crippen molar-refractivity contribution in [2.24, 2.45) is 5.73 Å². The molecule has 0 aliphatic heterocycles. The van der Waals surface area contributed by atoms with Crippen LogP contribution in [0.2, 0.25) is 0 Å². The maximum atomic E-state index is 6.12. The zero-order chi connectivity index (χ0) is 11.2. The van der Waals surface area contributed by atoms with E-state index in [2.05, 4.69) is 43.5 Å². The van der Waals surface area contributed by atoms with Crippen LogP contribution >= 0.6 is 15.9 Å². The molecule has 1 fully saturated rings. The predicted octanol–water partition coefficient (Wildman–Crippen LogP) is 2.52. The first-order valence-electron chi connectivity index (χ1n) is 5.58. The number of hydrogen-bond acceptors (Lipinski definition) is 2. The molecule has 0 saturated heterocycles. The van der Waals surface area contributed by atoms with E-state index in [1.54, 1.807) is 0 Å². The Labute approximate surface area is 103 Å². The number of rotatable bonds is 3. The monoisotopic (exact) mass is 279 g/mol. The topological polar surface area (TPSA) is 43.3 Å². The minimum Gasteiger partial charge on any atom is -0.325 e. The fourth-order valence-corrected chi connectivity index (χ4v) is 2.59. The van der Waals surface area contributed by atoms with Crippen molar-refractivity contribution in [1.29, 1.82) is 0 Å². The number of halogens is 1. The van der Waals surface area contributed by atoms with Gasteiger partial charge in [0.1, 0.15) is 0 Å². The van der Waals surface area contributed by atoms with Gasteiger partial charge < -0.3 is 5.73 Å². The van der Waals surface area contributed by atoms with Gasteiger partial charge in [-0.2, -0.15) is 0 Å². The number of nitrogens with zero attached hydrogens (tertiary/aromatic N) is 2. The van der Waals surface area contributed by atoms with Crippen molar-refractivity contribution >= 4 is 21.4 Å². The zero-order valence-electron chi connectivity index (χ0n) is 8.99. The summed E-state index contributed by atoms with van der Waals surface area (Å²) < 4.78 is 3.02. The van der Waals surface area contributed by atoms with Crippen LogP contribution in [0.25, 0.3) is 5.52 Å². The van der Waals surface area contributed by atoms with Crippen molar-refractivity contribution in [2.75, 3.05) is 0 Å². The van der Waals surface area contributed by atoms with Crippen LogP contribution in [-0.2, 0) is 6.42 Å². The Hall–Kier alpha value is -0.870. The molecule has 0 spiro atoms. The van der Waals surface area contributed by atoms with Gasteiger partial charge in [0.2, 0.25) is 0 Å². The standard InChI is InChI=1S/C12H14BrN3/c13-11-15-8-10-3-1-2-9(16(10)11)4-5-12(14)6-7-12/h1-3,8H,4-7,14H2. The number of hydrogen-bond donors (Lipinski definition) is 1. The van der Waals surface area contributed by atoms with E-state index >= 15 is 0 Å². The number of aryl methyl sites for hydroxylation is 1. The molecule has 3 nitrogen and oxygen atoms in total. The summed E-state index contributed by atoms with van der Waals surface area (Å²) in [5.74, 6) is 0. The quantitative estimate of drug-likeness (QED) is 0.938. The molecule has 0 atom stereocenters. The Kier molecular flexibility index (Phi) is 2.30. The van der Waals surface area contributed by atoms with Gasteiger partial charge in [-0.1, -0.05) is 6.07 Å². The maximum absolute atomic E-state index is 6.12. The second-order valence-corrected chi connectivity index (χ2v) is 5.38. The molecule has 84 valence electrons. The van der Waals surface area contributed by atoms with Crippen LogP contribution in [0.15, 0.2) is 29.1 Å². The molecule has 1 saturated carbocycles. The van der Waals surface area contributed by atoms with E-state index in [-0.39, 0.29) is 5.54 Å². The smallest absolute Gasteiger partial charge is 0.181 e. The molecule has 0 radical (unpaired) electrons. The second-order valence-electron chi connectivity index (χ2n) is 4.67. The van der Waals surface area contributed by atoms with Gasteiger partial charge >= 0.3 is 0 Å². The number of imidazole rings is 1. The van der Waals surface area contributed by atoms with E-state index < -0.39 is 0 Å². The third-order valence-electron chi connectivity index (χ3n) is 3.36. The SMILES string of the molecule is NC1(CCc2cccc3cnc(Br)n23)CC1. The molecular weight excluding hydrogens is 266 g/mol. The van der Waals surface area contributed by atoms with Crippen LogP contribution in [0.4, 0.5) is 0 Å². The Morgan fingerprint density at radius 3 is 3.00 bits per heavy atom. The highest BCUT2D eigenvalue weighted by molar-refractivity contribution is 9.10. The molecule has 2 N–H and O–H groups in total. The van der Waals surface area contributed by atoms with Crippen molar-refractivity contribution in [3.8, 4) is 0 Å². The van der Waals surface area contributed by atoms with Gasteiger partial charge in [-0.15, -0.1) is 0 Å². The Bertz CT molecular complexity index is 528. The van der Waals surface area contributed by atoms with Crippen molar-refractivity contribution < 1.29 is 0 Å². The van der Waals surface area contributed by atoms with Crippen molar-refractivity contribution in [2.45, 2.75) is 31.2 Å². The summed E-state index contributed by atoms with van der Waals surface area (Å²) in [6, 6.07) is 6.29. The first kappa shape index (κ1) is 10.3. The maximum Gasteiger partial charge on any atom is 0.181 e. The summed E-state index contributed by atoms with van der Waals surface area (Å²) >= 11 is 3.47. The lowest BCUT2D eigenvalue weighted by atomic mass is 10.1. The molecule has 0 bridgehead atoms. The molecule has 1 aliphatic rings. The Balaban J connectivity index is 1.93. The van der Waals surface area contributed by atoms with Gasteiger partial charge in [-0.25, -0.2) is 4.98 Å². The first-order valence-corrected chi connectivity index (χ1v) is 6.37. The average Bonchev–Trinajstić information content (AvgIpc) is 2.90. The molecule has 0 aromatic carbocycles. The van der Waals surface area contributed by atoms with Crippen molar-refractivity contribution in [1.82, 2.24) is 9.38 Å². The van der Waals surface area contributed by atoms with E-state index in [4.69, 9.17) is 5.73 Å². The van der Waals surface area contributed by atoms with Crippen LogP contribution in [-0.4, -0.2) is 14.9 Å². The van der Waals surface area contributed by atoms with Crippen LogP contribution in [0.1, 0.15) is 25.0 Å². The lowest BCUT2D eigenvalue weighted by Crippen LogP contribution is -2.22. The highest BCUT2D eigenvalue weighted by Crippen LogP contribution is 2.36. The Morgan fingerprint density at radius 2 is 2.25 bits per heavy atom. The van der Waals surface area contributed by atoms with Gasteiger partial charge in [-0.05, 0) is 53.7 Å². The number of fused-ring (bicyclic) bond motifs is 1. The highest BCUT2D eigenvalue weighted by atomic mass is 79.9. The average molecular weight is 280 g/mol. The van der Waals surface area contributed by atoms with E-state index in [0.717, 1.165) is 23.1 Å². The number of aromatic nitrogens is 2. The lowest BCUT2D eigenvalue weighted by Gasteiger charge is -2.10. The fraction of sp³-hybridized carbons (Fsp3) is 0.417. The lowest BCUT2D eigenvalue weighted by molar-refractivity contribution is 0.600. The third-order valence-corrected chi connectivity index (χ3v) is 3.92. The van der Waals surface area contributed by atoms with Crippen LogP contribution in [0, 0.1) is 0 Å². The van der Waals surface area contributed by atoms with Gasteiger partial charge in [0, 0.05) is 11.2 Å². The van der Waals surface area contributed by atoms with Crippen LogP contribution < -0.4 is 5.73 Å². The van der Waals surface area contributed by atoms with E-state index in [1.165, 1.54) is 18.5 Å². The summed E-state index contributed by atoms with van der Waals surface area (Å²) in [6.45, 7) is 0. The van der Waals surface area contributed by atoms with Crippen LogP contribution in [0.3, 0.4) is 0 Å². The molecular formula is C12H14BrN3. The largest absolute Gasteiger partial charge is 0.325 e. The molecule has 2 aromatic rings. The Morgan fingerprint density at radius 1 is 1.44 bits per heavy atom. The summed E-state index contributed by atoms with van der Waals surface area (Å²) in [7, 11) is 0. The van der Waals surface area contributed by atoms with Gasteiger partial charge in [0.25, 0.3) is 0 Å². The second kappa shape index (κ2) is 3.57. The van der Waals surface area contributed by atoms with E-state index in [9.17, 15) is 0 Å². The third kappa shape index (κ3) is 1.76. The molecule has 16 heavy (non-hydrogen) atoms. The number of nitrogens with two attached hydrogens (primary N) is 1.